The molecule has 1 aromatic carbocycles. The number of amides is 1. The van der Waals surface area contributed by atoms with Gasteiger partial charge in [0, 0.05) is 25.1 Å². The van der Waals surface area contributed by atoms with Gasteiger partial charge in [-0.3, -0.25) is 4.79 Å². The summed E-state index contributed by atoms with van der Waals surface area (Å²) in [5.74, 6) is -0.0193. The van der Waals surface area contributed by atoms with Crippen molar-refractivity contribution in [2.75, 3.05) is 5.32 Å². The van der Waals surface area contributed by atoms with Crippen LogP contribution in [0.2, 0.25) is 0 Å². The molecular formula is C13H15N3OS. The second kappa shape index (κ2) is 5.73. The number of benzene rings is 1. The Morgan fingerprint density at radius 2 is 2.11 bits per heavy atom. The largest absolute Gasteiger partial charge is 0.329 e. The number of carbonyl (C=O) groups is 1. The number of nitrogens with zero attached hydrogens (tertiary/aromatic N) is 2. The van der Waals surface area contributed by atoms with Crippen LogP contribution in [0.3, 0.4) is 0 Å². The number of rotatable bonds is 4. The fourth-order valence-corrected chi connectivity index (χ4v) is 2.27. The zero-order valence-corrected chi connectivity index (χ0v) is 11.1. The van der Waals surface area contributed by atoms with Crippen molar-refractivity contribution in [1.29, 1.82) is 0 Å². The van der Waals surface area contributed by atoms with Gasteiger partial charge in [0.15, 0.2) is 5.16 Å². The molecule has 94 valence electrons. The molecule has 1 aromatic heterocycles. The first-order valence-corrected chi connectivity index (χ1v) is 6.54. The van der Waals surface area contributed by atoms with Crippen LogP contribution in [0.5, 0.6) is 0 Å². The minimum atomic E-state index is -0.189. The van der Waals surface area contributed by atoms with Gasteiger partial charge in [-0.1, -0.05) is 30.0 Å². The highest BCUT2D eigenvalue weighted by Crippen LogP contribution is 2.21. The van der Waals surface area contributed by atoms with Gasteiger partial charge < -0.3 is 9.88 Å². The fourth-order valence-electron chi connectivity index (χ4n) is 1.44. The van der Waals surface area contributed by atoms with Crippen molar-refractivity contribution in [3.05, 3.63) is 42.7 Å². The Morgan fingerprint density at radius 1 is 1.39 bits per heavy atom. The number of hydrogen-bond donors (Lipinski definition) is 1. The molecule has 1 amide bonds. The molecular weight excluding hydrogens is 246 g/mol. The quantitative estimate of drug-likeness (QED) is 0.860. The number of hydrogen-bond acceptors (Lipinski definition) is 3. The maximum atomic E-state index is 12.0. The molecule has 0 unspecified atom stereocenters. The average molecular weight is 261 g/mol. The maximum Gasteiger partial charge on any atom is 0.237 e. The van der Waals surface area contributed by atoms with Crippen molar-refractivity contribution in [3.63, 3.8) is 0 Å². The van der Waals surface area contributed by atoms with Gasteiger partial charge in [0.1, 0.15) is 0 Å². The van der Waals surface area contributed by atoms with Gasteiger partial charge in [-0.05, 0) is 19.1 Å². The van der Waals surface area contributed by atoms with Gasteiger partial charge in [-0.15, -0.1) is 0 Å². The molecule has 0 saturated heterocycles. The van der Waals surface area contributed by atoms with E-state index >= 15 is 0 Å². The van der Waals surface area contributed by atoms with Crippen molar-refractivity contribution < 1.29 is 4.79 Å². The number of thioether (sulfide) groups is 1. The van der Waals surface area contributed by atoms with E-state index in [1.807, 2.05) is 55.1 Å². The van der Waals surface area contributed by atoms with Gasteiger partial charge in [-0.25, -0.2) is 4.98 Å². The number of aromatic nitrogens is 2. The molecule has 2 rings (SSSR count). The summed E-state index contributed by atoms with van der Waals surface area (Å²) in [6, 6.07) is 9.45. The number of aryl methyl sites for hydroxylation is 1. The van der Waals surface area contributed by atoms with Crippen molar-refractivity contribution in [3.8, 4) is 0 Å². The van der Waals surface area contributed by atoms with Crippen LogP contribution in [0.25, 0.3) is 0 Å². The summed E-state index contributed by atoms with van der Waals surface area (Å²) in [6.45, 7) is 1.87. The van der Waals surface area contributed by atoms with E-state index in [0.717, 1.165) is 10.8 Å². The average Bonchev–Trinajstić information content (AvgIpc) is 2.76. The fraction of sp³-hybridized carbons (Fsp3) is 0.231. The van der Waals surface area contributed by atoms with E-state index in [4.69, 9.17) is 0 Å². The minimum absolute atomic E-state index is 0.0193. The maximum absolute atomic E-state index is 12.0. The van der Waals surface area contributed by atoms with Gasteiger partial charge in [0.05, 0.1) is 5.25 Å². The molecule has 0 fully saturated rings. The highest BCUT2D eigenvalue weighted by atomic mass is 32.2. The summed E-state index contributed by atoms with van der Waals surface area (Å²) in [7, 11) is 1.91. The lowest BCUT2D eigenvalue weighted by Crippen LogP contribution is -2.22. The molecule has 18 heavy (non-hydrogen) atoms. The zero-order valence-electron chi connectivity index (χ0n) is 10.3. The van der Waals surface area contributed by atoms with E-state index in [1.165, 1.54) is 11.8 Å². The predicted octanol–water partition coefficient (Wildman–Crippen LogP) is 2.54. The molecule has 2 aromatic rings. The van der Waals surface area contributed by atoms with Crippen LogP contribution >= 0.6 is 11.8 Å². The summed E-state index contributed by atoms with van der Waals surface area (Å²) in [5.41, 5.74) is 0.815. The predicted molar refractivity (Wildman–Crippen MR) is 73.6 cm³/mol. The van der Waals surface area contributed by atoms with E-state index < -0.39 is 0 Å². The van der Waals surface area contributed by atoms with E-state index in [9.17, 15) is 4.79 Å². The van der Waals surface area contributed by atoms with Gasteiger partial charge in [0.2, 0.25) is 5.91 Å². The Bertz CT molecular complexity index is 524. The van der Waals surface area contributed by atoms with Crippen LogP contribution < -0.4 is 5.32 Å². The number of carbonyl (C=O) groups excluding carboxylic acids is 1. The third kappa shape index (κ3) is 3.13. The number of anilines is 1. The van der Waals surface area contributed by atoms with E-state index in [2.05, 4.69) is 10.3 Å². The molecule has 0 aliphatic carbocycles. The first-order valence-electron chi connectivity index (χ1n) is 5.66. The molecule has 5 heteroatoms. The third-order valence-corrected chi connectivity index (χ3v) is 3.64. The van der Waals surface area contributed by atoms with E-state index in [0.29, 0.717) is 0 Å². The topological polar surface area (TPSA) is 46.9 Å². The summed E-state index contributed by atoms with van der Waals surface area (Å²) in [6.07, 6.45) is 3.59. The Kier molecular flexibility index (Phi) is 4.04. The first-order chi connectivity index (χ1) is 8.66. The van der Waals surface area contributed by atoms with Crippen LogP contribution in [0.4, 0.5) is 5.69 Å². The number of imidazole rings is 1. The molecule has 0 aliphatic heterocycles. The van der Waals surface area contributed by atoms with Crippen LogP contribution in [-0.4, -0.2) is 20.7 Å². The molecule has 1 atom stereocenters. The van der Waals surface area contributed by atoms with Crippen LogP contribution in [-0.2, 0) is 11.8 Å². The molecule has 0 aliphatic rings. The van der Waals surface area contributed by atoms with Crippen molar-refractivity contribution >= 4 is 23.4 Å². The Labute approximate surface area is 110 Å². The molecule has 0 spiro atoms. The van der Waals surface area contributed by atoms with Crippen LogP contribution in [0, 0.1) is 0 Å². The lowest BCUT2D eigenvalue weighted by atomic mass is 10.3. The zero-order chi connectivity index (χ0) is 13.0. The molecule has 1 N–H and O–H groups in total. The SMILES string of the molecule is C[C@H](Sc1nccn1C)C(=O)Nc1ccccc1. The molecule has 0 bridgehead atoms. The van der Waals surface area contributed by atoms with E-state index in [-0.39, 0.29) is 11.2 Å². The van der Waals surface area contributed by atoms with Crippen molar-refractivity contribution in [2.45, 2.75) is 17.3 Å². The molecule has 4 nitrogen and oxygen atoms in total. The van der Waals surface area contributed by atoms with Crippen molar-refractivity contribution in [1.82, 2.24) is 9.55 Å². The lowest BCUT2D eigenvalue weighted by molar-refractivity contribution is -0.115. The first kappa shape index (κ1) is 12.7. The molecule has 0 saturated carbocycles. The Hall–Kier alpha value is -1.75. The summed E-state index contributed by atoms with van der Waals surface area (Å²) >= 11 is 1.44. The minimum Gasteiger partial charge on any atom is -0.329 e. The van der Waals surface area contributed by atoms with Crippen LogP contribution in [0.15, 0.2) is 47.9 Å². The Morgan fingerprint density at radius 3 is 2.72 bits per heavy atom. The second-order valence-corrected chi connectivity index (χ2v) is 5.24. The van der Waals surface area contributed by atoms with Gasteiger partial charge >= 0.3 is 0 Å². The summed E-state index contributed by atoms with van der Waals surface area (Å²) in [4.78, 5) is 16.2. The normalized spacial score (nSPS) is 12.1. The highest BCUT2D eigenvalue weighted by Gasteiger charge is 2.16. The van der Waals surface area contributed by atoms with Crippen LogP contribution in [0.1, 0.15) is 6.92 Å². The smallest absolute Gasteiger partial charge is 0.237 e. The van der Waals surface area contributed by atoms with E-state index in [1.54, 1.807) is 6.20 Å². The van der Waals surface area contributed by atoms with Crippen molar-refractivity contribution in [2.24, 2.45) is 7.05 Å². The monoisotopic (exact) mass is 261 g/mol. The summed E-state index contributed by atoms with van der Waals surface area (Å²) < 4.78 is 1.90. The molecule has 0 radical (unpaired) electrons. The van der Waals surface area contributed by atoms with Gasteiger partial charge in [0.25, 0.3) is 0 Å². The Balaban J connectivity index is 1.95. The van der Waals surface area contributed by atoms with Gasteiger partial charge in [-0.2, -0.15) is 0 Å². The summed E-state index contributed by atoms with van der Waals surface area (Å²) in [5, 5.41) is 3.53. The molecule has 1 heterocycles. The second-order valence-electron chi connectivity index (χ2n) is 3.94. The standard InChI is InChI=1S/C13H15N3OS/c1-10(18-13-14-8-9-16(13)2)12(17)15-11-6-4-3-5-7-11/h3-10H,1-2H3,(H,15,17)/t10-/m0/s1. The highest BCUT2D eigenvalue weighted by molar-refractivity contribution is 8.00. The lowest BCUT2D eigenvalue weighted by Gasteiger charge is -2.11. The number of nitrogens with one attached hydrogen (secondary N) is 1. The third-order valence-electron chi connectivity index (χ3n) is 2.47. The number of para-hydroxylation sites is 1.